The van der Waals surface area contributed by atoms with E-state index < -0.39 is 6.36 Å². The minimum atomic E-state index is -4.71. The van der Waals surface area contributed by atoms with Crippen molar-refractivity contribution in [3.8, 4) is 5.75 Å². The summed E-state index contributed by atoms with van der Waals surface area (Å²) in [6.45, 7) is 1.10. The molecular weight excluding hydrogens is 289 g/mol. The Morgan fingerprint density at radius 1 is 1.24 bits per heavy atom. The van der Waals surface area contributed by atoms with Gasteiger partial charge in [-0.25, -0.2) is 0 Å². The molecule has 5 nitrogen and oxygen atoms in total. The van der Waals surface area contributed by atoms with Crippen LogP contribution in [-0.2, 0) is 9.53 Å². The predicted molar refractivity (Wildman–Crippen MR) is 71.1 cm³/mol. The third-order valence-corrected chi connectivity index (χ3v) is 2.39. The fraction of sp³-hybridized carbons (Fsp3) is 0.462. The normalized spacial score (nSPS) is 11.0. The summed E-state index contributed by atoms with van der Waals surface area (Å²) in [4.78, 5) is 11.4. The molecule has 1 rings (SSSR count). The van der Waals surface area contributed by atoms with E-state index in [2.05, 4.69) is 15.4 Å². The van der Waals surface area contributed by atoms with E-state index in [1.807, 2.05) is 0 Å². The monoisotopic (exact) mass is 306 g/mol. The number of halogens is 3. The first kappa shape index (κ1) is 17.1. The molecule has 0 saturated heterocycles. The molecule has 2 N–H and O–H groups in total. The summed E-state index contributed by atoms with van der Waals surface area (Å²) in [5.74, 6) is -0.515. The molecule has 0 spiro atoms. The van der Waals surface area contributed by atoms with Crippen molar-refractivity contribution >= 4 is 11.6 Å². The van der Waals surface area contributed by atoms with E-state index >= 15 is 0 Å². The van der Waals surface area contributed by atoms with E-state index in [0.717, 1.165) is 0 Å². The molecule has 0 bridgehead atoms. The van der Waals surface area contributed by atoms with Crippen molar-refractivity contribution in [2.75, 3.05) is 32.1 Å². The van der Waals surface area contributed by atoms with Crippen LogP contribution in [0.5, 0.6) is 5.75 Å². The molecule has 21 heavy (non-hydrogen) atoms. The van der Waals surface area contributed by atoms with Gasteiger partial charge in [-0.2, -0.15) is 0 Å². The van der Waals surface area contributed by atoms with E-state index in [1.165, 1.54) is 24.3 Å². The Morgan fingerprint density at radius 2 is 1.90 bits per heavy atom. The summed E-state index contributed by atoms with van der Waals surface area (Å²) in [6, 6.07) is 5.15. The second-order valence-corrected chi connectivity index (χ2v) is 4.12. The second-order valence-electron chi connectivity index (χ2n) is 4.12. The summed E-state index contributed by atoms with van der Waals surface area (Å²) in [6.07, 6.45) is -4.00. The number of hydrogen-bond donors (Lipinski definition) is 2. The third kappa shape index (κ3) is 8.03. The topological polar surface area (TPSA) is 59.6 Å². The van der Waals surface area contributed by atoms with Gasteiger partial charge in [0.2, 0.25) is 5.91 Å². The summed E-state index contributed by atoms with van der Waals surface area (Å²) in [5, 5.41) is 5.47. The van der Waals surface area contributed by atoms with Crippen molar-refractivity contribution in [2.24, 2.45) is 0 Å². The van der Waals surface area contributed by atoms with Crippen molar-refractivity contribution in [3.63, 3.8) is 0 Å². The number of hydrogen-bond acceptors (Lipinski definition) is 4. The van der Waals surface area contributed by atoms with Crippen molar-refractivity contribution in [2.45, 2.75) is 12.8 Å². The Hall–Kier alpha value is -1.96. The number of ether oxygens (including phenoxy) is 2. The molecule has 0 fully saturated rings. The average molecular weight is 306 g/mol. The van der Waals surface area contributed by atoms with Gasteiger partial charge in [0.25, 0.3) is 0 Å². The van der Waals surface area contributed by atoms with Gasteiger partial charge in [-0.15, -0.1) is 13.2 Å². The van der Waals surface area contributed by atoms with Crippen LogP contribution in [0.15, 0.2) is 24.3 Å². The zero-order valence-corrected chi connectivity index (χ0v) is 11.5. The van der Waals surface area contributed by atoms with Crippen LogP contribution in [-0.4, -0.2) is 39.1 Å². The number of amides is 1. The Kier molecular flexibility index (Phi) is 6.80. The van der Waals surface area contributed by atoms with Crippen LogP contribution in [0.2, 0.25) is 0 Å². The van der Waals surface area contributed by atoms with Crippen LogP contribution in [0.3, 0.4) is 0 Å². The molecule has 8 heteroatoms. The van der Waals surface area contributed by atoms with Gasteiger partial charge in [0.15, 0.2) is 0 Å². The smallest absolute Gasteiger partial charge is 0.406 e. The van der Waals surface area contributed by atoms with Gasteiger partial charge in [0.05, 0.1) is 6.54 Å². The Morgan fingerprint density at radius 3 is 2.48 bits per heavy atom. The van der Waals surface area contributed by atoms with Crippen LogP contribution in [0, 0.1) is 0 Å². The van der Waals surface area contributed by atoms with Gasteiger partial charge in [0, 0.05) is 25.9 Å². The summed E-state index contributed by atoms with van der Waals surface area (Å²) < 4.78 is 44.5. The van der Waals surface area contributed by atoms with Gasteiger partial charge >= 0.3 is 6.36 Å². The number of alkyl halides is 3. The number of methoxy groups -OCH3 is 1. The van der Waals surface area contributed by atoms with Crippen LogP contribution < -0.4 is 15.4 Å². The highest BCUT2D eigenvalue weighted by atomic mass is 19.4. The van der Waals surface area contributed by atoms with Crippen LogP contribution in [0.4, 0.5) is 18.9 Å². The highest BCUT2D eigenvalue weighted by molar-refractivity contribution is 5.80. The molecule has 0 saturated carbocycles. The van der Waals surface area contributed by atoms with Crippen LogP contribution >= 0.6 is 0 Å². The minimum Gasteiger partial charge on any atom is -0.406 e. The molecule has 0 atom stereocenters. The van der Waals surface area contributed by atoms with E-state index in [4.69, 9.17) is 4.74 Å². The number of nitrogens with one attached hydrogen (secondary N) is 2. The predicted octanol–water partition coefficient (Wildman–Crippen LogP) is 2.15. The van der Waals surface area contributed by atoms with E-state index in [9.17, 15) is 18.0 Å². The zero-order valence-electron chi connectivity index (χ0n) is 11.5. The largest absolute Gasteiger partial charge is 0.573 e. The first-order valence-corrected chi connectivity index (χ1v) is 6.26. The Bertz CT molecular complexity index is 435. The SMILES string of the molecule is COCCCNC(=O)CNc1ccc(OC(F)(F)F)cc1. The molecular formula is C13H17F3N2O3. The molecule has 0 aromatic heterocycles. The third-order valence-electron chi connectivity index (χ3n) is 2.39. The van der Waals surface area contributed by atoms with Gasteiger partial charge in [-0.05, 0) is 30.7 Å². The molecule has 1 aromatic carbocycles. The molecule has 1 aromatic rings. The minimum absolute atomic E-state index is 0.0342. The number of anilines is 1. The fourth-order valence-corrected chi connectivity index (χ4v) is 1.46. The first-order chi connectivity index (χ1) is 9.90. The molecule has 0 heterocycles. The van der Waals surface area contributed by atoms with Crippen molar-refractivity contribution in [1.29, 1.82) is 0 Å². The number of carbonyl (C=O) groups is 1. The number of benzene rings is 1. The van der Waals surface area contributed by atoms with E-state index in [-0.39, 0.29) is 18.2 Å². The lowest BCUT2D eigenvalue weighted by atomic mass is 10.3. The average Bonchev–Trinajstić information content (AvgIpc) is 2.41. The summed E-state index contributed by atoms with van der Waals surface area (Å²) >= 11 is 0. The molecule has 0 aliphatic rings. The van der Waals surface area contributed by atoms with Crippen LogP contribution in [0.1, 0.15) is 6.42 Å². The maximum Gasteiger partial charge on any atom is 0.573 e. The second kappa shape index (κ2) is 8.35. The highest BCUT2D eigenvalue weighted by Crippen LogP contribution is 2.23. The maximum absolute atomic E-state index is 12.0. The zero-order chi connectivity index (χ0) is 15.7. The van der Waals surface area contributed by atoms with Crippen molar-refractivity contribution < 1.29 is 27.4 Å². The lowest BCUT2D eigenvalue weighted by Crippen LogP contribution is -2.31. The number of carbonyl (C=O) groups excluding carboxylic acids is 1. The molecule has 1 amide bonds. The highest BCUT2D eigenvalue weighted by Gasteiger charge is 2.30. The van der Waals surface area contributed by atoms with E-state index in [1.54, 1.807) is 7.11 Å². The Balaban J connectivity index is 2.30. The standard InChI is InChI=1S/C13H17F3N2O3/c1-20-8-2-7-17-12(19)9-18-10-3-5-11(6-4-10)21-13(14,15)16/h3-6,18H,2,7-9H2,1H3,(H,17,19). The van der Waals surface area contributed by atoms with Crippen molar-refractivity contribution in [3.05, 3.63) is 24.3 Å². The quantitative estimate of drug-likeness (QED) is 0.723. The summed E-state index contributed by atoms with van der Waals surface area (Å²) in [7, 11) is 1.58. The molecule has 0 aliphatic heterocycles. The first-order valence-electron chi connectivity index (χ1n) is 6.26. The summed E-state index contributed by atoms with van der Waals surface area (Å²) in [5.41, 5.74) is 0.525. The molecule has 0 radical (unpaired) electrons. The van der Waals surface area contributed by atoms with Gasteiger partial charge in [-0.1, -0.05) is 0 Å². The van der Waals surface area contributed by atoms with Gasteiger partial charge in [-0.3, -0.25) is 4.79 Å². The maximum atomic E-state index is 12.0. The fourth-order valence-electron chi connectivity index (χ4n) is 1.46. The number of rotatable bonds is 8. The van der Waals surface area contributed by atoms with E-state index in [0.29, 0.717) is 25.3 Å². The van der Waals surface area contributed by atoms with Crippen LogP contribution in [0.25, 0.3) is 0 Å². The lowest BCUT2D eigenvalue weighted by molar-refractivity contribution is -0.274. The Labute approximate surface area is 120 Å². The lowest BCUT2D eigenvalue weighted by Gasteiger charge is -2.10. The van der Waals surface area contributed by atoms with Gasteiger partial charge in [0.1, 0.15) is 5.75 Å². The molecule has 0 aliphatic carbocycles. The van der Waals surface area contributed by atoms with Gasteiger partial charge < -0.3 is 20.1 Å². The van der Waals surface area contributed by atoms with Crippen molar-refractivity contribution in [1.82, 2.24) is 5.32 Å². The molecule has 118 valence electrons. The molecule has 0 unspecified atom stereocenters.